The Labute approximate surface area is 324 Å². The Balaban J connectivity index is 0.971. The van der Waals surface area contributed by atoms with Crippen molar-refractivity contribution in [1.29, 1.82) is 0 Å². The maximum absolute atomic E-state index is 5.16. The molecule has 4 heteroatoms. The van der Waals surface area contributed by atoms with E-state index in [2.05, 4.69) is 203 Å². The fourth-order valence-corrected chi connectivity index (χ4v) is 8.33. The first-order valence-electron chi connectivity index (χ1n) is 19.0. The molecule has 8 aromatic carbocycles. The van der Waals surface area contributed by atoms with Crippen molar-refractivity contribution in [3.8, 4) is 56.3 Å². The monoisotopic (exact) mass is 714 g/mol. The molecule has 0 atom stereocenters. The molecule has 0 spiro atoms. The second-order valence-corrected chi connectivity index (χ2v) is 14.3. The van der Waals surface area contributed by atoms with Crippen molar-refractivity contribution in [3.63, 3.8) is 0 Å². The minimum absolute atomic E-state index is 0.649. The molecule has 0 fully saturated rings. The van der Waals surface area contributed by atoms with Crippen LogP contribution < -0.4 is 0 Å². The standard InChI is InChI=1S/C52H34N4/c1-3-12-35(13-4-1)38-14-11-15-39(32-38)36-22-24-37(25-23-36)47-30-31-53-52(54-47)56-49-21-10-8-19-44(49)46-34-41(27-29-51(46)56)40-26-28-50-45(33-40)43-18-7-9-20-48(43)55(50)42-16-5-2-6-17-42/h1-34H. The summed E-state index contributed by atoms with van der Waals surface area (Å²) in [5.74, 6) is 0.649. The van der Waals surface area contributed by atoms with Gasteiger partial charge in [-0.3, -0.25) is 4.57 Å². The highest BCUT2D eigenvalue weighted by Gasteiger charge is 2.17. The average molecular weight is 715 g/mol. The topological polar surface area (TPSA) is 35.6 Å². The molecule has 4 nitrogen and oxygen atoms in total. The molecule has 262 valence electrons. The second kappa shape index (κ2) is 13.1. The number of fused-ring (bicyclic) bond motifs is 6. The molecule has 0 unspecified atom stereocenters. The van der Waals surface area contributed by atoms with Gasteiger partial charge in [0.2, 0.25) is 5.95 Å². The first kappa shape index (κ1) is 31.9. The van der Waals surface area contributed by atoms with Crippen LogP contribution in [0.4, 0.5) is 0 Å². The first-order chi connectivity index (χ1) is 27.8. The zero-order valence-corrected chi connectivity index (χ0v) is 30.4. The third-order valence-electron chi connectivity index (χ3n) is 11.0. The Bertz CT molecular complexity index is 3230. The van der Waals surface area contributed by atoms with Crippen LogP contribution in [-0.4, -0.2) is 19.1 Å². The lowest BCUT2D eigenvalue weighted by Gasteiger charge is -2.10. The van der Waals surface area contributed by atoms with E-state index < -0.39 is 0 Å². The highest BCUT2D eigenvalue weighted by molar-refractivity contribution is 6.12. The Hall–Kier alpha value is -7.56. The van der Waals surface area contributed by atoms with Crippen LogP contribution in [0.5, 0.6) is 0 Å². The molecule has 0 amide bonds. The van der Waals surface area contributed by atoms with Crippen LogP contribution in [-0.2, 0) is 0 Å². The largest absolute Gasteiger partial charge is 0.309 e. The number of hydrogen-bond donors (Lipinski definition) is 0. The third-order valence-corrected chi connectivity index (χ3v) is 11.0. The number of rotatable bonds is 6. The van der Waals surface area contributed by atoms with Gasteiger partial charge >= 0.3 is 0 Å². The number of hydrogen-bond acceptors (Lipinski definition) is 2. The predicted molar refractivity (Wildman–Crippen MR) is 232 cm³/mol. The van der Waals surface area contributed by atoms with Crippen LogP contribution in [0.3, 0.4) is 0 Å². The van der Waals surface area contributed by atoms with Crippen molar-refractivity contribution in [2.45, 2.75) is 0 Å². The van der Waals surface area contributed by atoms with Crippen LogP contribution in [0, 0.1) is 0 Å². The zero-order valence-electron chi connectivity index (χ0n) is 30.4. The minimum atomic E-state index is 0.649. The van der Waals surface area contributed by atoms with Gasteiger partial charge in [0.25, 0.3) is 0 Å². The molecule has 3 aromatic heterocycles. The van der Waals surface area contributed by atoms with E-state index >= 15 is 0 Å². The molecular weight excluding hydrogens is 681 g/mol. The van der Waals surface area contributed by atoms with Gasteiger partial charge in [0, 0.05) is 39.0 Å². The van der Waals surface area contributed by atoms with E-state index in [1.165, 1.54) is 66.0 Å². The molecule has 0 aliphatic carbocycles. The van der Waals surface area contributed by atoms with Crippen molar-refractivity contribution in [2.75, 3.05) is 0 Å². The minimum Gasteiger partial charge on any atom is -0.309 e. The van der Waals surface area contributed by atoms with E-state index in [-0.39, 0.29) is 0 Å². The van der Waals surface area contributed by atoms with E-state index in [4.69, 9.17) is 9.97 Å². The summed E-state index contributed by atoms with van der Waals surface area (Å²) >= 11 is 0. The van der Waals surface area contributed by atoms with E-state index in [9.17, 15) is 0 Å². The van der Waals surface area contributed by atoms with Gasteiger partial charge in [-0.15, -0.1) is 0 Å². The Kier molecular flexibility index (Phi) is 7.46. The molecule has 56 heavy (non-hydrogen) atoms. The van der Waals surface area contributed by atoms with Crippen molar-refractivity contribution in [2.24, 2.45) is 0 Å². The molecule has 0 aliphatic heterocycles. The van der Waals surface area contributed by atoms with Crippen LogP contribution >= 0.6 is 0 Å². The molecule has 3 heterocycles. The maximum Gasteiger partial charge on any atom is 0.235 e. The summed E-state index contributed by atoms with van der Waals surface area (Å²) in [7, 11) is 0. The smallest absolute Gasteiger partial charge is 0.235 e. The number of benzene rings is 8. The quantitative estimate of drug-likeness (QED) is 0.172. The first-order valence-corrected chi connectivity index (χ1v) is 19.0. The highest BCUT2D eigenvalue weighted by Crippen LogP contribution is 2.38. The van der Waals surface area contributed by atoms with Crippen LogP contribution in [0.1, 0.15) is 0 Å². The Morgan fingerprint density at radius 1 is 0.304 bits per heavy atom. The summed E-state index contributed by atoms with van der Waals surface area (Å²) in [4.78, 5) is 9.99. The van der Waals surface area contributed by atoms with Gasteiger partial charge < -0.3 is 4.57 Å². The van der Waals surface area contributed by atoms with Gasteiger partial charge in [0.15, 0.2) is 0 Å². The Morgan fingerprint density at radius 2 is 0.768 bits per heavy atom. The third kappa shape index (κ3) is 5.31. The maximum atomic E-state index is 5.16. The summed E-state index contributed by atoms with van der Waals surface area (Å²) in [6.07, 6.45) is 1.87. The second-order valence-electron chi connectivity index (χ2n) is 14.3. The van der Waals surface area contributed by atoms with Gasteiger partial charge in [-0.1, -0.05) is 140 Å². The molecule has 0 saturated heterocycles. The molecule has 0 N–H and O–H groups in total. The Morgan fingerprint density at radius 3 is 1.43 bits per heavy atom. The molecule has 0 saturated carbocycles. The molecule has 11 aromatic rings. The molecule has 0 bridgehead atoms. The molecule has 0 aliphatic rings. The summed E-state index contributed by atoms with van der Waals surface area (Å²) < 4.78 is 4.55. The fourth-order valence-electron chi connectivity index (χ4n) is 8.33. The van der Waals surface area contributed by atoms with Crippen molar-refractivity contribution in [1.82, 2.24) is 19.1 Å². The number of aromatic nitrogens is 4. The summed E-state index contributed by atoms with van der Waals surface area (Å²) in [5, 5.41) is 4.82. The summed E-state index contributed by atoms with van der Waals surface area (Å²) in [6.45, 7) is 0. The zero-order chi connectivity index (χ0) is 37.0. The van der Waals surface area contributed by atoms with Gasteiger partial charge in [0.05, 0.1) is 27.8 Å². The van der Waals surface area contributed by atoms with Crippen molar-refractivity contribution >= 4 is 43.6 Å². The normalized spacial score (nSPS) is 11.6. The van der Waals surface area contributed by atoms with E-state index in [0.29, 0.717) is 5.95 Å². The van der Waals surface area contributed by atoms with E-state index in [0.717, 1.165) is 28.0 Å². The van der Waals surface area contributed by atoms with Crippen LogP contribution in [0.2, 0.25) is 0 Å². The molecule has 11 rings (SSSR count). The van der Waals surface area contributed by atoms with Gasteiger partial charge in [0.1, 0.15) is 0 Å². The summed E-state index contributed by atoms with van der Waals surface area (Å²) in [5.41, 5.74) is 14.8. The van der Waals surface area contributed by atoms with Crippen LogP contribution in [0.15, 0.2) is 206 Å². The number of nitrogens with zero attached hydrogens (tertiary/aromatic N) is 4. The van der Waals surface area contributed by atoms with Crippen molar-refractivity contribution in [3.05, 3.63) is 206 Å². The summed E-state index contributed by atoms with van der Waals surface area (Å²) in [6, 6.07) is 71.4. The van der Waals surface area contributed by atoms with E-state index in [1.54, 1.807) is 0 Å². The highest BCUT2D eigenvalue weighted by atomic mass is 15.2. The number of para-hydroxylation sites is 3. The lowest BCUT2D eigenvalue weighted by Crippen LogP contribution is -2.01. The van der Waals surface area contributed by atoms with E-state index in [1.807, 2.05) is 12.3 Å². The fraction of sp³-hybridized carbons (Fsp3) is 0. The van der Waals surface area contributed by atoms with Crippen molar-refractivity contribution < 1.29 is 0 Å². The molecular formula is C52H34N4. The van der Waals surface area contributed by atoms with Gasteiger partial charge in [-0.25, -0.2) is 9.97 Å². The predicted octanol–water partition coefficient (Wildman–Crippen LogP) is 13.3. The van der Waals surface area contributed by atoms with Gasteiger partial charge in [-0.2, -0.15) is 0 Å². The lowest BCUT2D eigenvalue weighted by molar-refractivity contribution is 0.992. The molecule has 0 radical (unpaired) electrons. The average Bonchev–Trinajstić information content (AvgIpc) is 3.79. The van der Waals surface area contributed by atoms with Crippen LogP contribution in [0.25, 0.3) is 99.9 Å². The SMILES string of the molecule is c1ccc(-c2cccc(-c3ccc(-c4ccnc(-n5c6ccccc6c6cc(-c7ccc8c(c7)c7ccccc7n8-c7ccccc7)ccc65)n4)cc3)c2)cc1. The lowest BCUT2D eigenvalue weighted by atomic mass is 9.98. The van der Waals surface area contributed by atoms with Gasteiger partial charge in [-0.05, 0) is 94.0 Å².